The molecule has 116 valence electrons. The molecule has 1 aromatic carbocycles. The molecular weight excluding hydrogens is 313 g/mol. The number of piperidine rings is 1. The monoisotopic (exact) mass is 331 g/mol. The van der Waals surface area contributed by atoms with Gasteiger partial charge < -0.3 is 9.84 Å². The van der Waals surface area contributed by atoms with Crippen molar-refractivity contribution in [1.29, 1.82) is 0 Å². The van der Waals surface area contributed by atoms with E-state index in [4.69, 9.17) is 33.0 Å². The molecule has 1 aromatic rings. The van der Waals surface area contributed by atoms with Crippen LogP contribution >= 0.6 is 23.2 Å². The molecule has 0 spiro atoms. The summed E-state index contributed by atoms with van der Waals surface area (Å²) in [7, 11) is 0. The van der Waals surface area contributed by atoms with Crippen LogP contribution < -0.4 is 0 Å². The highest BCUT2D eigenvalue weighted by molar-refractivity contribution is 6.34. The summed E-state index contributed by atoms with van der Waals surface area (Å²) < 4.78 is 5.58. The number of carboxylic acids is 1. The van der Waals surface area contributed by atoms with Gasteiger partial charge in [0.05, 0.1) is 19.1 Å². The van der Waals surface area contributed by atoms with Gasteiger partial charge in [0.15, 0.2) is 0 Å². The Morgan fingerprint density at radius 1 is 1.24 bits per heavy atom. The van der Waals surface area contributed by atoms with Crippen molar-refractivity contribution in [2.24, 2.45) is 0 Å². The predicted molar refractivity (Wildman–Crippen MR) is 83.0 cm³/mol. The van der Waals surface area contributed by atoms with E-state index in [1.165, 1.54) is 0 Å². The minimum atomic E-state index is -0.815. The minimum absolute atomic E-state index is 0.0707. The Labute approximate surface area is 134 Å². The lowest BCUT2D eigenvalue weighted by Crippen LogP contribution is -2.36. The van der Waals surface area contributed by atoms with Crippen LogP contribution in [-0.2, 0) is 16.1 Å². The maximum absolute atomic E-state index is 10.4. The van der Waals surface area contributed by atoms with Gasteiger partial charge in [-0.1, -0.05) is 23.2 Å². The summed E-state index contributed by atoms with van der Waals surface area (Å²) in [5.74, 6) is -0.815. The zero-order chi connectivity index (χ0) is 15.2. The van der Waals surface area contributed by atoms with Crippen LogP contribution in [0.2, 0.25) is 10.0 Å². The van der Waals surface area contributed by atoms with Gasteiger partial charge in [-0.15, -0.1) is 0 Å². The van der Waals surface area contributed by atoms with Crippen molar-refractivity contribution in [2.45, 2.75) is 31.9 Å². The van der Waals surface area contributed by atoms with Gasteiger partial charge in [0, 0.05) is 29.7 Å². The van der Waals surface area contributed by atoms with E-state index in [0.29, 0.717) is 16.7 Å². The largest absolute Gasteiger partial charge is 0.481 e. The first-order chi connectivity index (χ1) is 10.0. The summed E-state index contributed by atoms with van der Waals surface area (Å²) in [6.07, 6.45) is 2.09. The SMILES string of the molecule is O=C(O)CCOC1CCN(Cc2cc(Cl)cc(Cl)c2)CC1. The number of benzene rings is 1. The van der Waals surface area contributed by atoms with Gasteiger partial charge in [0.25, 0.3) is 0 Å². The standard InChI is InChI=1S/C15H19Cl2NO3/c16-12-7-11(8-13(17)9-12)10-18-4-1-14(2-5-18)21-6-3-15(19)20/h7-9,14H,1-6,10H2,(H,19,20). The molecule has 0 amide bonds. The maximum Gasteiger partial charge on any atom is 0.305 e. The molecule has 4 nitrogen and oxygen atoms in total. The van der Waals surface area contributed by atoms with Crippen molar-refractivity contribution >= 4 is 29.2 Å². The van der Waals surface area contributed by atoms with Gasteiger partial charge in [-0.3, -0.25) is 9.69 Å². The van der Waals surface area contributed by atoms with Crippen molar-refractivity contribution < 1.29 is 14.6 Å². The number of nitrogens with zero attached hydrogens (tertiary/aromatic N) is 1. The van der Waals surface area contributed by atoms with Crippen LogP contribution in [0.5, 0.6) is 0 Å². The molecule has 0 atom stereocenters. The van der Waals surface area contributed by atoms with Gasteiger partial charge >= 0.3 is 5.97 Å². The second-order valence-corrected chi connectivity index (χ2v) is 6.14. The molecule has 21 heavy (non-hydrogen) atoms. The summed E-state index contributed by atoms with van der Waals surface area (Å²) in [5.41, 5.74) is 1.11. The number of likely N-dealkylation sites (tertiary alicyclic amines) is 1. The minimum Gasteiger partial charge on any atom is -0.481 e. The maximum atomic E-state index is 10.4. The third-order valence-electron chi connectivity index (χ3n) is 3.53. The highest BCUT2D eigenvalue weighted by Gasteiger charge is 2.20. The number of halogens is 2. The summed E-state index contributed by atoms with van der Waals surface area (Å²) in [4.78, 5) is 12.8. The normalized spacial score (nSPS) is 17.0. The van der Waals surface area contributed by atoms with E-state index in [0.717, 1.165) is 38.0 Å². The lowest BCUT2D eigenvalue weighted by Gasteiger charge is -2.31. The first-order valence-corrected chi connectivity index (χ1v) is 7.79. The molecule has 0 aromatic heterocycles. The Balaban J connectivity index is 1.75. The summed E-state index contributed by atoms with van der Waals surface area (Å²) in [5, 5.41) is 9.90. The molecule has 1 aliphatic heterocycles. The molecule has 1 fully saturated rings. The molecule has 2 rings (SSSR count). The van der Waals surface area contributed by atoms with Crippen LogP contribution in [0.15, 0.2) is 18.2 Å². The van der Waals surface area contributed by atoms with E-state index in [9.17, 15) is 4.79 Å². The van der Waals surface area contributed by atoms with E-state index >= 15 is 0 Å². The van der Waals surface area contributed by atoms with Crippen LogP contribution in [0.4, 0.5) is 0 Å². The lowest BCUT2D eigenvalue weighted by atomic mass is 10.1. The van der Waals surface area contributed by atoms with Crippen molar-refractivity contribution in [3.63, 3.8) is 0 Å². The van der Waals surface area contributed by atoms with Gasteiger partial charge in [0.2, 0.25) is 0 Å². The third kappa shape index (κ3) is 5.83. The molecule has 1 saturated heterocycles. The zero-order valence-electron chi connectivity index (χ0n) is 11.7. The van der Waals surface area contributed by atoms with E-state index in [1.54, 1.807) is 6.07 Å². The topological polar surface area (TPSA) is 49.8 Å². The fourth-order valence-corrected chi connectivity index (χ4v) is 3.08. The lowest BCUT2D eigenvalue weighted by molar-refractivity contribution is -0.138. The van der Waals surface area contributed by atoms with E-state index in [1.807, 2.05) is 12.1 Å². The molecule has 1 heterocycles. The predicted octanol–water partition coefficient (Wildman–Crippen LogP) is 3.45. The van der Waals surface area contributed by atoms with Crippen LogP contribution in [0, 0.1) is 0 Å². The Hall–Kier alpha value is -0.810. The number of carbonyl (C=O) groups is 1. The van der Waals surface area contributed by atoms with Gasteiger partial charge in [-0.2, -0.15) is 0 Å². The number of hydrogen-bond donors (Lipinski definition) is 1. The van der Waals surface area contributed by atoms with Gasteiger partial charge in [-0.05, 0) is 36.6 Å². The number of rotatable bonds is 6. The van der Waals surface area contributed by atoms with Crippen LogP contribution in [0.25, 0.3) is 0 Å². The number of ether oxygens (including phenoxy) is 1. The molecule has 1 aliphatic rings. The first kappa shape index (κ1) is 16.6. The second-order valence-electron chi connectivity index (χ2n) is 5.27. The quantitative estimate of drug-likeness (QED) is 0.867. The molecular formula is C15H19Cl2NO3. The molecule has 0 bridgehead atoms. The molecule has 0 aliphatic carbocycles. The van der Waals surface area contributed by atoms with Gasteiger partial charge in [-0.25, -0.2) is 0 Å². The Morgan fingerprint density at radius 3 is 2.43 bits per heavy atom. The number of aliphatic carboxylic acids is 1. The van der Waals surface area contributed by atoms with Crippen molar-refractivity contribution in [2.75, 3.05) is 19.7 Å². The highest BCUT2D eigenvalue weighted by atomic mass is 35.5. The van der Waals surface area contributed by atoms with E-state index in [2.05, 4.69) is 4.90 Å². The van der Waals surface area contributed by atoms with Crippen LogP contribution in [0.3, 0.4) is 0 Å². The smallest absolute Gasteiger partial charge is 0.305 e. The summed E-state index contributed by atoms with van der Waals surface area (Å²) >= 11 is 12.0. The fraction of sp³-hybridized carbons (Fsp3) is 0.533. The van der Waals surface area contributed by atoms with Crippen LogP contribution in [-0.4, -0.2) is 41.8 Å². The van der Waals surface area contributed by atoms with Crippen molar-refractivity contribution in [3.05, 3.63) is 33.8 Å². The third-order valence-corrected chi connectivity index (χ3v) is 3.97. The van der Waals surface area contributed by atoms with Crippen LogP contribution in [0.1, 0.15) is 24.8 Å². The highest BCUT2D eigenvalue weighted by Crippen LogP contribution is 2.22. The summed E-state index contributed by atoms with van der Waals surface area (Å²) in [6.45, 7) is 2.98. The summed E-state index contributed by atoms with van der Waals surface area (Å²) in [6, 6.07) is 5.60. The molecule has 0 radical (unpaired) electrons. The average molecular weight is 332 g/mol. The Kier molecular flexibility index (Phi) is 6.30. The molecule has 0 saturated carbocycles. The average Bonchev–Trinajstić information content (AvgIpc) is 2.39. The van der Waals surface area contributed by atoms with Gasteiger partial charge in [0.1, 0.15) is 0 Å². The first-order valence-electron chi connectivity index (χ1n) is 7.03. The van der Waals surface area contributed by atoms with E-state index < -0.39 is 5.97 Å². The van der Waals surface area contributed by atoms with Crippen molar-refractivity contribution in [3.8, 4) is 0 Å². The fourth-order valence-electron chi connectivity index (χ4n) is 2.51. The molecule has 6 heteroatoms. The number of carboxylic acid groups (broad SMARTS) is 1. The second kappa shape index (κ2) is 7.99. The zero-order valence-corrected chi connectivity index (χ0v) is 13.2. The Bertz CT molecular complexity index is 468. The number of hydrogen-bond acceptors (Lipinski definition) is 3. The van der Waals surface area contributed by atoms with Crippen molar-refractivity contribution in [1.82, 2.24) is 4.90 Å². The molecule has 0 unspecified atom stereocenters. The Morgan fingerprint density at radius 2 is 1.86 bits per heavy atom. The molecule has 1 N–H and O–H groups in total. The van der Waals surface area contributed by atoms with E-state index in [-0.39, 0.29) is 12.5 Å².